The quantitative estimate of drug-likeness (QED) is 0.790. The first-order chi connectivity index (χ1) is 10.1. The summed E-state index contributed by atoms with van der Waals surface area (Å²) in [5.41, 5.74) is 4.36. The fourth-order valence-corrected chi connectivity index (χ4v) is 2.24. The monoisotopic (exact) mass is 288 g/mol. The zero-order valence-corrected chi connectivity index (χ0v) is 13.3. The van der Waals surface area contributed by atoms with E-state index in [1.54, 1.807) is 0 Å². The predicted molar refractivity (Wildman–Crippen MR) is 83.5 cm³/mol. The molecule has 4 heteroatoms. The maximum atomic E-state index is 5.99. The van der Waals surface area contributed by atoms with E-state index in [0.717, 1.165) is 42.3 Å². The van der Waals surface area contributed by atoms with Crippen LogP contribution in [0.25, 0.3) is 0 Å². The molecule has 2 aromatic rings. The van der Waals surface area contributed by atoms with Crippen molar-refractivity contribution < 1.29 is 9.26 Å². The van der Waals surface area contributed by atoms with Gasteiger partial charge in [0, 0.05) is 12.1 Å². The van der Waals surface area contributed by atoms with Crippen molar-refractivity contribution in [3.63, 3.8) is 0 Å². The van der Waals surface area contributed by atoms with E-state index in [0.29, 0.717) is 6.61 Å². The normalized spacial score (nSPS) is 10.9. The predicted octanol–water partition coefficient (Wildman–Crippen LogP) is 3.68. The average molecular weight is 288 g/mol. The third kappa shape index (κ3) is 4.08. The van der Waals surface area contributed by atoms with Crippen molar-refractivity contribution >= 4 is 0 Å². The number of nitrogens with one attached hydrogen (secondary N) is 1. The van der Waals surface area contributed by atoms with Crippen molar-refractivity contribution in [2.75, 3.05) is 6.54 Å². The van der Waals surface area contributed by atoms with Crippen LogP contribution in [0.1, 0.15) is 41.5 Å². The highest BCUT2D eigenvalue weighted by Crippen LogP contribution is 2.22. The Hall–Kier alpha value is -1.81. The van der Waals surface area contributed by atoms with Gasteiger partial charge >= 0.3 is 0 Å². The second-order valence-corrected chi connectivity index (χ2v) is 5.38. The molecule has 1 heterocycles. The van der Waals surface area contributed by atoms with Crippen LogP contribution in [-0.4, -0.2) is 11.7 Å². The van der Waals surface area contributed by atoms with Crippen molar-refractivity contribution in [1.29, 1.82) is 0 Å². The summed E-state index contributed by atoms with van der Waals surface area (Å²) in [5.74, 6) is 1.74. The smallest absolute Gasteiger partial charge is 0.140 e. The minimum absolute atomic E-state index is 0.491. The second-order valence-electron chi connectivity index (χ2n) is 5.38. The Morgan fingerprint density at radius 3 is 2.71 bits per heavy atom. The molecule has 2 rings (SSSR count). The van der Waals surface area contributed by atoms with Gasteiger partial charge < -0.3 is 14.6 Å². The lowest BCUT2D eigenvalue weighted by molar-refractivity contribution is 0.298. The van der Waals surface area contributed by atoms with Crippen LogP contribution in [0, 0.1) is 20.8 Å². The maximum absolute atomic E-state index is 5.99. The van der Waals surface area contributed by atoms with E-state index in [4.69, 9.17) is 9.26 Å². The van der Waals surface area contributed by atoms with Gasteiger partial charge in [-0.25, -0.2) is 0 Å². The molecule has 0 saturated heterocycles. The summed E-state index contributed by atoms with van der Waals surface area (Å²) in [4.78, 5) is 0. The minimum Gasteiger partial charge on any atom is -0.488 e. The third-order valence-corrected chi connectivity index (χ3v) is 3.51. The highest BCUT2D eigenvalue weighted by Gasteiger charge is 2.11. The zero-order valence-electron chi connectivity index (χ0n) is 13.3. The molecule has 0 spiro atoms. The van der Waals surface area contributed by atoms with Crippen molar-refractivity contribution in [3.05, 3.63) is 46.3 Å². The van der Waals surface area contributed by atoms with E-state index >= 15 is 0 Å². The van der Waals surface area contributed by atoms with Crippen molar-refractivity contribution in [2.24, 2.45) is 0 Å². The van der Waals surface area contributed by atoms with Crippen LogP contribution in [-0.2, 0) is 13.2 Å². The van der Waals surface area contributed by atoms with E-state index in [2.05, 4.69) is 36.5 Å². The first-order valence-corrected chi connectivity index (χ1v) is 7.46. The summed E-state index contributed by atoms with van der Waals surface area (Å²) in [7, 11) is 0. The molecular formula is C17H24N2O2. The van der Waals surface area contributed by atoms with Gasteiger partial charge in [0.2, 0.25) is 0 Å². The topological polar surface area (TPSA) is 47.3 Å². The van der Waals surface area contributed by atoms with Crippen LogP contribution in [0.4, 0.5) is 0 Å². The molecule has 0 saturated carbocycles. The van der Waals surface area contributed by atoms with E-state index < -0.39 is 0 Å². The Balaban J connectivity index is 2.08. The van der Waals surface area contributed by atoms with E-state index in [1.807, 2.05) is 19.9 Å². The molecule has 114 valence electrons. The van der Waals surface area contributed by atoms with Crippen LogP contribution >= 0.6 is 0 Å². The lowest BCUT2D eigenvalue weighted by Crippen LogP contribution is -2.15. The second kappa shape index (κ2) is 7.27. The molecule has 0 bridgehead atoms. The van der Waals surface area contributed by atoms with Gasteiger partial charge in [0.05, 0.1) is 11.3 Å². The van der Waals surface area contributed by atoms with Gasteiger partial charge in [0.25, 0.3) is 0 Å². The number of hydrogen-bond acceptors (Lipinski definition) is 4. The Labute approximate surface area is 126 Å². The van der Waals surface area contributed by atoms with Crippen molar-refractivity contribution in [1.82, 2.24) is 10.5 Å². The van der Waals surface area contributed by atoms with Crippen LogP contribution in [0.15, 0.2) is 22.7 Å². The lowest BCUT2D eigenvalue weighted by atomic mass is 10.1. The Bertz CT molecular complexity index is 571. The molecule has 0 fully saturated rings. The molecule has 0 aliphatic heterocycles. The molecule has 1 N–H and O–H groups in total. The van der Waals surface area contributed by atoms with Gasteiger partial charge in [-0.1, -0.05) is 29.8 Å². The lowest BCUT2D eigenvalue weighted by Gasteiger charge is -2.13. The number of benzene rings is 1. The van der Waals surface area contributed by atoms with Gasteiger partial charge in [-0.15, -0.1) is 0 Å². The number of aromatic nitrogens is 1. The summed E-state index contributed by atoms with van der Waals surface area (Å²) in [6.07, 6.45) is 1.13. The number of aryl methyl sites for hydroxylation is 3. The summed E-state index contributed by atoms with van der Waals surface area (Å²) < 4.78 is 11.2. The first kappa shape index (κ1) is 15.6. The summed E-state index contributed by atoms with van der Waals surface area (Å²) in [6.45, 7) is 10.4. The summed E-state index contributed by atoms with van der Waals surface area (Å²) >= 11 is 0. The van der Waals surface area contributed by atoms with Crippen LogP contribution < -0.4 is 10.1 Å². The molecule has 0 aliphatic carbocycles. The van der Waals surface area contributed by atoms with E-state index in [-0.39, 0.29) is 0 Å². The zero-order chi connectivity index (χ0) is 15.2. The summed E-state index contributed by atoms with van der Waals surface area (Å²) in [5, 5.41) is 7.38. The fraction of sp³-hybridized carbons (Fsp3) is 0.471. The highest BCUT2D eigenvalue weighted by molar-refractivity contribution is 5.37. The fourth-order valence-electron chi connectivity index (χ4n) is 2.24. The molecule has 0 aliphatic rings. The van der Waals surface area contributed by atoms with Gasteiger partial charge in [-0.05, 0) is 39.8 Å². The largest absolute Gasteiger partial charge is 0.488 e. The molecule has 0 unspecified atom stereocenters. The Kier molecular flexibility index (Phi) is 5.39. The van der Waals surface area contributed by atoms with Crippen LogP contribution in [0.3, 0.4) is 0 Å². The van der Waals surface area contributed by atoms with Crippen molar-refractivity contribution in [2.45, 2.75) is 47.3 Å². The molecule has 0 radical (unpaired) electrons. The van der Waals surface area contributed by atoms with E-state index in [9.17, 15) is 0 Å². The Morgan fingerprint density at radius 1 is 1.24 bits per heavy atom. The number of nitrogens with zero attached hydrogens (tertiary/aromatic N) is 1. The van der Waals surface area contributed by atoms with Gasteiger partial charge in [-0.3, -0.25) is 0 Å². The van der Waals surface area contributed by atoms with Gasteiger partial charge in [0.15, 0.2) is 0 Å². The van der Waals surface area contributed by atoms with E-state index in [1.165, 1.54) is 11.1 Å². The van der Waals surface area contributed by atoms with Crippen LogP contribution in [0.2, 0.25) is 0 Å². The summed E-state index contributed by atoms with van der Waals surface area (Å²) in [6, 6.07) is 6.29. The van der Waals surface area contributed by atoms with Gasteiger partial charge in [-0.2, -0.15) is 0 Å². The van der Waals surface area contributed by atoms with Crippen molar-refractivity contribution in [3.8, 4) is 5.75 Å². The third-order valence-electron chi connectivity index (χ3n) is 3.51. The first-order valence-electron chi connectivity index (χ1n) is 7.46. The number of ether oxygens (including phenoxy) is 1. The molecular weight excluding hydrogens is 264 g/mol. The Morgan fingerprint density at radius 2 is 2.05 bits per heavy atom. The number of hydrogen-bond donors (Lipinski definition) is 1. The highest BCUT2D eigenvalue weighted by atomic mass is 16.5. The SMILES string of the molecule is CCCNCc1cc(C)ccc1OCc1c(C)noc1C. The van der Waals surface area contributed by atoms with Crippen LogP contribution in [0.5, 0.6) is 5.75 Å². The average Bonchev–Trinajstić information content (AvgIpc) is 2.78. The molecule has 0 atom stereocenters. The number of rotatable bonds is 7. The minimum atomic E-state index is 0.491. The molecule has 0 amide bonds. The molecule has 1 aromatic heterocycles. The molecule has 1 aromatic carbocycles. The molecule has 21 heavy (non-hydrogen) atoms. The maximum Gasteiger partial charge on any atom is 0.140 e. The van der Waals surface area contributed by atoms with Gasteiger partial charge in [0.1, 0.15) is 18.1 Å². The molecule has 4 nitrogen and oxygen atoms in total. The standard InChI is InChI=1S/C17H24N2O2/c1-5-8-18-10-15-9-12(2)6-7-17(15)20-11-16-13(3)19-21-14(16)4/h6-7,9,18H,5,8,10-11H2,1-4H3.